The predicted octanol–water partition coefficient (Wildman–Crippen LogP) is 2.75. The molecule has 1 aliphatic rings. The molecule has 134 valence electrons. The summed E-state index contributed by atoms with van der Waals surface area (Å²) in [5, 5.41) is 18.7. The van der Waals surface area contributed by atoms with Gasteiger partial charge in [-0.25, -0.2) is 0 Å². The van der Waals surface area contributed by atoms with Crippen LogP contribution in [-0.2, 0) is 9.59 Å². The van der Waals surface area contributed by atoms with Gasteiger partial charge in [-0.3, -0.25) is 9.59 Å². The predicted molar refractivity (Wildman–Crippen MR) is 94.5 cm³/mol. The first-order valence-corrected chi connectivity index (χ1v) is 7.71. The van der Waals surface area contributed by atoms with Crippen LogP contribution in [0.15, 0.2) is 36.4 Å². The zero-order valence-electron chi connectivity index (χ0n) is 14.4. The monoisotopic (exact) mass is 354 g/mol. The number of ether oxygens (including phenoxy) is 2. The molecule has 26 heavy (non-hydrogen) atoms. The van der Waals surface area contributed by atoms with Crippen molar-refractivity contribution in [1.82, 2.24) is 0 Å². The molecule has 0 aromatic heterocycles. The van der Waals surface area contributed by atoms with Gasteiger partial charge in [0.25, 0.3) is 6.47 Å². The van der Waals surface area contributed by atoms with E-state index in [1.165, 1.54) is 0 Å². The molecular weight excluding hydrogens is 336 g/mol. The van der Waals surface area contributed by atoms with Gasteiger partial charge in [-0.1, -0.05) is 12.1 Å². The van der Waals surface area contributed by atoms with Gasteiger partial charge in [-0.15, -0.1) is 0 Å². The number of benzene rings is 2. The molecule has 1 amide bonds. The fourth-order valence-corrected chi connectivity index (χ4v) is 2.91. The van der Waals surface area contributed by atoms with Crippen molar-refractivity contribution in [3.63, 3.8) is 0 Å². The molecule has 3 rings (SSSR count). The lowest BCUT2D eigenvalue weighted by Gasteiger charge is -2.28. The van der Waals surface area contributed by atoms with Gasteiger partial charge in [0, 0.05) is 30.0 Å². The molecule has 0 fully saturated rings. The Morgan fingerprint density at radius 2 is 1.88 bits per heavy atom. The standard InChI is InChI=1S/C18H16N2O3.CH2O2/c1-22-13-7-15-18(16(8-13)23-2)14(9-17(21)20-15)12-5-3-11(10-19)4-6-12;2-1-3/h3-8,14H,9H2,1-2H3,(H,20,21);1H,(H,2,3). The average Bonchev–Trinajstić information content (AvgIpc) is 2.66. The molecule has 1 atom stereocenters. The molecule has 0 radical (unpaired) electrons. The first kappa shape index (κ1) is 18.8. The van der Waals surface area contributed by atoms with Crippen molar-refractivity contribution in [2.24, 2.45) is 0 Å². The van der Waals surface area contributed by atoms with Gasteiger partial charge in [0.05, 0.1) is 31.5 Å². The first-order valence-electron chi connectivity index (χ1n) is 7.71. The quantitative estimate of drug-likeness (QED) is 0.821. The number of anilines is 1. The second-order valence-electron chi connectivity index (χ2n) is 5.44. The number of carbonyl (C=O) groups is 2. The zero-order chi connectivity index (χ0) is 19.1. The van der Waals surface area contributed by atoms with Crippen molar-refractivity contribution in [3.05, 3.63) is 53.1 Å². The van der Waals surface area contributed by atoms with E-state index in [-0.39, 0.29) is 18.3 Å². The van der Waals surface area contributed by atoms with Crippen LogP contribution in [0.5, 0.6) is 11.5 Å². The first-order chi connectivity index (χ1) is 12.6. The van der Waals surface area contributed by atoms with Gasteiger partial charge >= 0.3 is 0 Å². The van der Waals surface area contributed by atoms with Crippen LogP contribution in [0.4, 0.5) is 5.69 Å². The lowest BCUT2D eigenvalue weighted by molar-refractivity contribution is -0.123. The molecule has 1 heterocycles. The number of hydrogen-bond acceptors (Lipinski definition) is 5. The highest BCUT2D eigenvalue weighted by atomic mass is 16.5. The molecule has 1 aliphatic heterocycles. The molecular formula is C19H18N2O5. The maximum atomic E-state index is 12.1. The summed E-state index contributed by atoms with van der Waals surface area (Å²) >= 11 is 0. The number of nitrogens with one attached hydrogen (secondary N) is 1. The summed E-state index contributed by atoms with van der Waals surface area (Å²) < 4.78 is 10.8. The van der Waals surface area contributed by atoms with E-state index < -0.39 is 0 Å². The second kappa shape index (κ2) is 8.53. The van der Waals surface area contributed by atoms with Crippen LogP contribution in [0.2, 0.25) is 0 Å². The van der Waals surface area contributed by atoms with Crippen molar-refractivity contribution in [1.29, 1.82) is 5.26 Å². The zero-order valence-corrected chi connectivity index (χ0v) is 14.4. The molecule has 0 spiro atoms. The number of nitrogens with zero attached hydrogens (tertiary/aromatic N) is 1. The largest absolute Gasteiger partial charge is 0.497 e. The van der Waals surface area contributed by atoms with Gasteiger partial charge in [-0.2, -0.15) is 5.26 Å². The summed E-state index contributed by atoms with van der Waals surface area (Å²) in [5.41, 5.74) is 3.20. The number of carboxylic acid groups (broad SMARTS) is 1. The summed E-state index contributed by atoms with van der Waals surface area (Å²) in [6.07, 6.45) is 0.335. The van der Waals surface area contributed by atoms with Gasteiger partial charge in [-0.05, 0) is 17.7 Å². The van der Waals surface area contributed by atoms with Crippen LogP contribution < -0.4 is 14.8 Å². The summed E-state index contributed by atoms with van der Waals surface area (Å²) in [7, 11) is 3.17. The molecule has 7 nitrogen and oxygen atoms in total. The van der Waals surface area contributed by atoms with Crippen molar-refractivity contribution in [3.8, 4) is 17.6 Å². The second-order valence-corrected chi connectivity index (χ2v) is 5.44. The van der Waals surface area contributed by atoms with E-state index in [4.69, 9.17) is 24.6 Å². The summed E-state index contributed by atoms with van der Waals surface area (Å²) in [5.74, 6) is 1.13. The number of nitriles is 1. The third-order valence-electron chi connectivity index (χ3n) is 4.03. The van der Waals surface area contributed by atoms with Gasteiger partial charge in [0.2, 0.25) is 5.91 Å². The molecule has 2 N–H and O–H groups in total. The minimum atomic E-state index is -0.250. The van der Waals surface area contributed by atoms with Crippen LogP contribution in [-0.4, -0.2) is 31.7 Å². The molecule has 2 aromatic rings. The van der Waals surface area contributed by atoms with E-state index in [0.29, 0.717) is 29.2 Å². The topological polar surface area (TPSA) is 109 Å². The van der Waals surface area contributed by atoms with Gasteiger partial charge in [0.15, 0.2) is 0 Å². The number of rotatable bonds is 3. The van der Waals surface area contributed by atoms with E-state index in [9.17, 15) is 4.79 Å². The van der Waals surface area contributed by atoms with Crippen molar-refractivity contribution in [2.45, 2.75) is 12.3 Å². The van der Waals surface area contributed by atoms with Gasteiger partial charge in [0.1, 0.15) is 11.5 Å². The number of hydrogen-bond donors (Lipinski definition) is 2. The highest BCUT2D eigenvalue weighted by Gasteiger charge is 2.30. The van der Waals surface area contributed by atoms with E-state index in [1.807, 2.05) is 18.2 Å². The fraction of sp³-hybridized carbons (Fsp3) is 0.211. The number of carbonyl (C=O) groups excluding carboxylic acids is 1. The molecule has 0 saturated heterocycles. The van der Waals surface area contributed by atoms with Crippen LogP contribution in [0.1, 0.15) is 29.0 Å². The lowest BCUT2D eigenvalue weighted by atomic mass is 9.84. The van der Waals surface area contributed by atoms with E-state index in [0.717, 1.165) is 11.1 Å². The van der Waals surface area contributed by atoms with Crippen LogP contribution >= 0.6 is 0 Å². The highest BCUT2D eigenvalue weighted by molar-refractivity contribution is 5.96. The number of methoxy groups -OCH3 is 2. The minimum absolute atomic E-state index is 0.0536. The number of amides is 1. The van der Waals surface area contributed by atoms with E-state index in [1.54, 1.807) is 32.4 Å². The Labute approximate surface area is 150 Å². The maximum Gasteiger partial charge on any atom is 0.290 e. The molecule has 7 heteroatoms. The Morgan fingerprint density at radius 3 is 2.42 bits per heavy atom. The molecule has 2 aromatic carbocycles. The average molecular weight is 354 g/mol. The summed E-state index contributed by atoms with van der Waals surface area (Å²) in [6, 6.07) is 13.0. The SMILES string of the molecule is COc1cc2c(c(OC)c1)C(c1ccc(C#N)cc1)CC(=O)N2.O=CO. The Hall–Kier alpha value is -3.53. The molecule has 0 saturated carbocycles. The van der Waals surface area contributed by atoms with E-state index in [2.05, 4.69) is 11.4 Å². The van der Waals surface area contributed by atoms with Crippen LogP contribution in [0.25, 0.3) is 0 Å². The fourth-order valence-electron chi connectivity index (χ4n) is 2.91. The Morgan fingerprint density at radius 1 is 1.23 bits per heavy atom. The summed E-state index contributed by atoms with van der Waals surface area (Å²) in [4.78, 5) is 20.4. The van der Waals surface area contributed by atoms with Crippen LogP contribution in [0, 0.1) is 11.3 Å². The van der Waals surface area contributed by atoms with Crippen molar-refractivity contribution in [2.75, 3.05) is 19.5 Å². The smallest absolute Gasteiger partial charge is 0.290 e. The minimum Gasteiger partial charge on any atom is -0.497 e. The molecule has 0 aliphatic carbocycles. The van der Waals surface area contributed by atoms with Crippen LogP contribution in [0.3, 0.4) is 0 Å². The third kappa shape index (κ3) is 3.92. The number of fused-ring (bicyclic) bond motifs is 1. The summed E-state index contributed by atoms with van der Waals surface area (Å²) in [6.45, 7) is -0.250. The Kier molecular flexibility index (Phi) is 6.17. The Bertz CT molecular complexity index is 840. The maximum absolute atomic E-state index is 12.1. The normalized spacial score (nSPS) is 14.7. The van der Waals surface area contributed by atoms with E-state index >= 15 is 0 Å². The van der Waals surface area contributed by atoms with Gasteiger partial charge < -0.3 is 19.9 Å². The highest BCUT2D eigenvalue weighted by Crippen LogP contribution is 2.44. The Balaban J connectivity index is 0.000000758. The molecule has 1 unspecified atom stereocenters. The van der Waals surface area contributed by atoms with Crippen molar-refractivity contribution >= 4 is 18.1 Å². The molecule has 0 bridgehead atoms. The lowest BCUT2D eigenvalue weighted by Crippen LogP contribution is -2.24. The van der Waals surface area contributed by atoms with Crippen molar-refractivity contribution < 1.29 is 24.2 Å². The third-order valence-corrected chi connectivity index (χ3v) is 4.03.